The van der Waals surface area contributed by atoms with Crippen molar-refractivity contribution in [2.24, 2.45) is 0 Å². The maximum absolute atomic E-state index is 12.2. The number of aryl methyl sites for hydroxylation is 1. The Labute approximate surface area is 129 Å². The molecule has 1 amide bonds. The number of amides is 1. The molecule has 118 valence electrons. The quantitative estimate of drug-likeness (QED) is 0.657. The van der Waals surface area contributed by atoms with Gasteiger partial charge >= 0.3 is 0 Å². The molecule has 0 saturated heterocycles. The van der Waals surface area contributed by atoms with E-state index < -0.39 is 0 Å². The number of hydrogen-bond donors (Lipinski definition) is 2. The number of carbonyl (C=O) groups excluding carboxylic acids is 1. The van der Waals surface area contributed by atoms with Gasteiger partial charge in [-0.2, -0.15) is 0 Å². The van der Waals surface area contributed by atoms with Crippen LogP contribution in [0.2, 0.25) is 0 Å². The Hall–Kier alpha value is -1.51. The summed E-state index contributed by atoms with van der Waals surface area (Å²) in [5, 5.41) is 6.38. The molecule has 1 unspecified atom stereocenters. The van der Waals surface area contributed by atoms with Gasteiger partial charge in [0, 0.05) is 23.8 Å². The van der Waals surface area contributed by atoms with Crippen molar-refractivity contribution in [1.82, 2.24) is 5.32 Å². The summed E-state index contributed by atoms with van der Waals surface area (Å²) < 4.78 is 0. The highest BCUT2D eigenvalue weighted by Crippen LogP contribution is 2.16. The summed E-state index contributed by atoms with van der Waals surface area (Å²) >= 11 is 0. The van der Waals surface area contributed by atoms with Gasteiger partial charge < -0.3 is 10.6 Å². The van der Waals surface area contributed by atoms with Gasteiger partial charge in [0.2, 0.25) is 0 Å². The topological polar surface area (TPSA) is 41.1 Å². The number of hydrogen-bond acceptors (Lipinski definition) is 2. The van der Waals surface area contributed by atoms with E-state index in [1.807, 2.05) is 25.1 Å². The second-order valence-electron chi connectivity index (χ2n) is 5.78. The Morgan fingerprint density at radius 1 is 1.19 bits per heavy atom. The third kappa shape index (κ3) is 6.19. The van der Waals surface area contributed by atoms with Gasteiger partial charge in [-0.3, -0.25) is 4.79 Å². The van der Waals surface area contributed by atoms with Gasteiger partial charge in [0.15, 0.2) is 0 Å². The number of rotatable bonds is 9. The lowest BCUT2D eigenvalue weighted by Crippen LogP contribution is -2.32. The van der Waals surface area contributed by atoms with Crippen LogP contribution in [0, 0.1) is 6.92 Å². The van der Waals surface area contributed by atoms with E-state index in [0.29, 0.717) is 0 Å². The molecule has 0 heterocycles. The highest BCUT2D eigenvalue weighted by atomic mass is 16.1. The van der Waals surface area contributed by atoms with E-state index in [2.05, 4.69) is 31.4 Å². The van der Waals surface area contributed by atoms with Crippen molar-refractivity contribution in [2.75, 3.05) is 11.9 Å². The van der Waals surface area contributed by atoms with Crippen LogP contribution in [0.5, 0.6) is 0 Å². The number of carbonyl (C=O) groups is 1. The van der Waals surface area contributed by atoms with E-state index in [-0.39, 0.29) is 11.9 Å². The summed E-state index contributed by atoms with van der Waals surface area (Å²) in [6.45, 7) is 9.29. The third-order valence-corrected chi connectivity index (χ3v) is 3.72. The van der Waals surface area contributed by atoms with Gasteiger partial charge in [-0.05, 0) is 51.0 Å². The van der Waals surface area contributed by atoms with Crippen molar-refractivity contribution in [2.45, 2.75) is 65.8 Å². The van der Waals surface area contributed by atoms with Crippen LogP contribution in [0.3, 0.4) is 0 Å². The summed E-state index contributed by atoms with van der Waals surface area (Å²) in [5.41, 5.74) is 2.95. The first-order valence-corrected chi connectivity index (χ1v) is 8.23. The second-order valence-corrected chi connectivity index (χ2v) is 5.78. The minimum absolute atomic E-state index is 0.0316. The average molecular weight is 290 g/mol. The lowest BCUT2D eigenvalue weighted by molar-refractivity contribution is 0.0938. The molecule has 2 N–H and O–H groups in total. The van der Waals surface area contributed by atoms with Crippen molar-refractivity contribution >= 4 is 11.6 Å². The molecule has 0 saturated carbocycles. The minimum Gasteiger partial charge on any atom is -0.385 e. The fourth-order valence-corrected chi connectivity index (χ4v) is 2.45. The van der Waals surface area contributed by atoms with Crippen LogP contribution in [0.25, 0.3) is 0 Å². The summed E-state index contributed by atoms with van der Waals surface area (Å²) in [6.07, 6.45) is 6.03. The Kier molecular flexibility index (Phi) is 7.88. The third-order valence-electron chi connectivity index (χ3n) is 3.72. The van der Waals surface area contributed by atoms with Crippen molar-refractivity contribution in [1.29, 1.82) is 0 Å². The highest BCUT2D eigenvalue weighted by molar-refractivity contribution is 5.95. The van der Waals surface area contributed by atoms with Crippen LogP contribution < -0.4 is 10.6 Å². The minimum atomic E-state index is 0.0316. The molecule has 0 radical (unpaired) electrons. The molecule has 3 heteroatoms. The fourth-order valence-electron chi connectivity index (χ4n) is 2.45. The van der Waals surface area contributed by atoms with Crippen LogP contribution in [0.4, 0.5) is 5.69 Å². The number of nitrogens with one attached hydrogen (secondary N) is 2. The van der Waals surface area contributed by atoms with E-state index >= 15 is 0 Å². The summed E-state index contributed by atoms with van der Waals surface area (Å²) in [6, 6.07) is 6.07. The zero-order valence-electron chi connectivity index (χ0n) is 14.0. The molecule has 1 aromatic rings. The molecule has 1 rings (SSSR count). The lowest BCUT2D eigenvalue weighted by Gasteiger charge is -2.15. The molecule has 3 nitrogen and oxygen atoms in total. The molecule has 0 spiro atoms. The largest absolute Gasteiger partial charge is 0.385 e. The molecular formula is C18H30N2O. The zero-order chi connectivity index (χ0) is 15.7. The Morgan fingerprint density at radius 3 is 2.57 bits per heavy atom. The summed E-state index contributed by atoms with van der Waals surface area (Å²) in [4.78, 5) is 12.2. The first kappa shape index (κ1) is 17.5. The van der Waals surface area contributed by atoms with Crippen LogP contribution in [-0.2, 0) is 0 Å². The maximum Gasteiger partial charge on any atom is 0.251 e. The van der Waals surface area contributed by atoms with Crippen LogP contribution in [0.1, 0.15) is 68.8 Å². The van der Waals surface area contributed by atoms with Crippen molar-refractivity contribution in [3.05, 3.63) is 29.3 Å². The Bertz CT molecular complexity index is 443. The first-order valence-electron chi connectivity index (χ1n) is 8.23. The van der Waals surface area contributed by atoms with E-state index in [9.17, 15) is 4.79 Å². The fraction of sp³-hybridized carbons (Fsp3) is 0.611. The van der Waals surface area contributed by atoms with Gasteiger partial charge in [0.1, 0.15) is 0 Å². The molecular weight excluding hydrogens is 260 g/mol. The Morgan fingerprint density at radius 2 is 1.95 bits per heavy atom. The molecule has 1 aromatic carbocycles. The average Bonchev–Trinajstić information content (AvgIpc) is 2.46. The Balaban J connectivity index is 2.49. The number of benzene rings is 1. The van der Waals surface area contributed by atoms with Crippen LogP contribution in [-0.4, -0.2) is 18.5 Å². The monoisotopic (exact) mass is 290 g/mol. The predicted octanol–water partition coefficient (Wildman–Crippen LogP) is 4.52. The molecule has 0 bridgehead atoms. The van der Waals surface area contributed by atoms with Gasteiger partial charge in [0.05, 0.1) is 0 Å². The van der Waals surface area contributed by atoms with E-state index in [1.54, 1.807) is 0 Å². The van der Waals surface area contributed by atoms with Crippen molar-refractivity contribution in [3.8, 4) is 0 Å². The summed E-state index contributed by atoms with van der Waals surface area (Å²) in [7, 11) is 0. The van der Waals surface area contributed by atoms with Gasteiger partial charge in [-0.15, -0.1) is 0 Å². The molecule has 0 aliphatic carbocycles. The molecule has 21 heavy (non-hydrogen) atoms. The molecule has 0 aliphatic rings. The first-order chi connectivity index (χ1) is 10.1. The van der Waals surface area contributed by atoms with Crippen molar-refractivity contribution in [3.63, 3.8) is 0 Å². The zero-order valence-corrected chi connectivity index (χ0v) is 14.0. The maximum atomic E-state index is 12.2. The second kappa shape index (κ2) is 9.43. The highest BCUT2D eigenvalue weighted by Gasteiger charge is 2.10. The normalized spacial score (nSPS) is 12.0. The molecule has 1 atom stereocenters. The van der Waals surface area contributed by atoms with Crippen LogP contribution >= 0.6 is 0 Å². The van der Waals surface area contributed by atoms with Gasteiger partial charge in [0.25, 0.3) is 5.91 Å². The lowest BCUT2D eigenvalue weighted by atomic mass is 10.1. The predicted molar refractivity (Wildman–Crippen MR) is 91.0 cm³/mol. The van der Waals surface area contributed by atoms with E-state index in [0.717, 1.165) is 29.8 Å². The van der Waals surface area contributed by atoms with Gasteiger partial charge in [-0.25, -0.2) is 0 Å². The standard InChI is InChI=1S/C18H30N2O/c1-5-7-8-9-10-15(4)20-18(21)16-11-12-17(19-6-2)14(3)13-16/h11-13,15,19H,5-10H2,1-4H3,(H,20,21). The SMILES string of the molecule is CCCCCCC(C)NC(=O)c1ccc(NCC)c(C)c1. The smallest absolute Gasteiger partial charge is 0.251 e. The van der Waals surface area contributed by atoms with Crippen LogP contribution in [0.15, 0.2) is 18.2 Å². The number of anilines is 1. The van der Waals surface area contributed by atoms with Gasteiger partial charge in [-0.1, -0.05) is 32.6 Å². The number of unbranched alkanes of at least 4 members (excludes halogenated alkanes) is 3. The van der Waals surface area contributed by atoms with Crippen molar-refractivity contribution < 1.29 is 4.79 Å². The molecule has 0 aromatic heterocycles. The summed E-state index contributed by atoms with van der Waals surface area (Å²) in [5.74, 6) is 0.0316. The van der Waals surface area contributed by atoms with E-state index in [4.69, 9.17) is 0 Å². The van der Waals surface area contributed by atoms with E-state index in [1.165, 1.54) is 25.7 Å². The molecule has 0 fully saturated rings. The molecule has 0 aliphatic heterocycles.